The van der Waals surface area contributed by atoms with Gasteiger partial charge in [-0.15, -0.1) is 11.3 Å². The van der Waals surface area contributed by atoms with E-state index in [9.17, 15) is 36.6 Å². The van der Waals surface area contributed by atoms with E-state index in [1.807, 2.05) is 0 Å². The van der Waals surface area contributed by atoms with Crippen LogP contribution in [0.25, 0.3) is 5.57 Å². The summed E-state index contributed by atoms with van der Waals surface area (Å²) < 4.78 is 84.8. The Hall–Kier alpha value is -1.55. The predicted molar refractivity (Wildman–Crippen MR) is 85.8 cm³/mol. The summed E-state index contributed by atoms with van der Waals surface area (Å²) >= 11 is 1.28. The van der Waals surface area contributed by atoms with Crippen LogP contribution in [0.3, 0.4) is 0 Å². The minimum atomic E-state index is -5.69. The van der Waals surface area contributed by atoms with E-state index in [-0.39, 0.29) is 4.88 Å². The first kappa shape index (κ1) is 19.8. The molecule has 0 spiro atoms. The molecule has 2 rings (SSSR count). The van der Waals surface area contributed by atoms with Gasteiger partial charge >= 0.3 is 17.8 Å². The zero-order chi connectivity index (χ0) is 19.4. The fourth-order valence-electron chi connectivity index (χ4n) is 2.49. The molecule has 10 heteroatoms. The van der Waals surface area contributed by atoms with Crippen LogP contribution in [0.5, 0.6) is 5.06 Å². The third-order valence-corrected chi connectivity index (χ3v) is 5.06. The molecule has 0 saturated carbocycles. The first-order valence-corrected chi connectivity index (χ1v) is 8.65. The number of halogens is 6. The third kappa shape index (κ3) is 2.75. The van der Waals surface area contributed by atoms with Crippen molar-refractivity contribution in [2.75, 3.05) is 6.26 Å². The average molecular weight is 402 g/mol. The molecule has 0 fully saturated rings. The molecule has 1 aromatic rings. The monoisotopic (exact) mass is 402 g/mol. The van der Waals surface area contributed by atoms with Crippen molar-refractivity contribution in [1.82, 2.24) is 0 Å². The highest BCUT2D eigenvalue weighted by Gasteiger charge is 2.80. The summed E-state index contributed by atoms with van der Waals surface area (Å²) in [6, 6.07) is 0.728. The molecule has 0 atom stereocenters. The van der Waals surface area contributed by atoms with Crippen molar-refractivity contribution in [1.29, 1.82) is 0 Å². The maximum absolute atomic E-state index is 14.3. The fourth-order valence-corrected chi connectivity index (χ4v) is 3.51. The third-order valence-electron chi connectivity index (χ3n) is 3.67. The molecule has 0 aromatic carbocycles. The van der Waals surface area contributed by atoms with Gasteiger partial charge in [0.15, 0.2) is 5.06 Å². The number of rotatable bonds is 4. The van der Waals surface area contributed by atoms with Crippen molar-refractivity contribution in [2.45, 2.75) is 24.7 Å². The minimum absolute atomic E-state index is 0.0379. The second-order valence-corrected chi connectivity index (χ2v) is 7.30. The van der Waals surface area contributed by atoms with Gasteiger partial charge < -0.3 is 10.2 Å². The molecule has 2 nitrogen and oxygen atoms in total. The van der Waals surface area contributed by atoms with Crippen molar-refractivity contribution in [2.24, 2.45) is 0 Å². The number of aliphatic hydroxyl groups is 1. The lowest BCUT2D eigenvalue weighted by Gasteiger charge is -2.25. The molecule has 1 aromatic heterocycles. The number of alkyl halides is 6. The Bertz CT molecular complexity index is 792. The largest absolute Gasteiger partial charge is 0.502 e. The highest BCUT2D eigenvalue weighted by atomic mass is 32.2. The molecule has 1 aliphatic rings. The van der Waals surface area contributed by atoms with E-state index in [0.29, 0.717) is 29.2 Å². The number of aryl methyl sites for hydroxylation is 1. The highest BCUT2D eigenvalue weighted by Crippen LogP contribution is 2.64. The van der Waals surface area contributed by atoms with Crippen LogP contribution >= 0.6 is 23.1 Å². The van der Waals surface area contributed by atoms with Crippen LogP contribution in [-0.2, 0) is 0 Å². The number of hydrogen-bond donors (Lipinski definition) is 2. The maximum atomic E-state index is 14.3. The molecule has 0 unspecified atom stereocenters. The van der Waals surface area contributed by atoms with Gasteiger partial charge in [0.05, 0.1) is 0 Å². The average Bonchev–Trinajstić information content (AvgIpc) is 2.85. The van der Waals surface area contributed by atoms with Gasteiger partial charge in [-0.25, -0.2) is 0 Å². The van der Waals surface area contributed by atoms with E-state index in [0.717, 1.165) is 6.07 Å². The van der Waals surface area contributed by atoms with E-state index in [1.54, 1.807) is 0 Å². The Morgan fingerprint density at radius 2 is 1.76 bits per heavy atom. The minimum Gasteiger partial charge on any atom is -0.502 e. The molecular formula is C15H12F6O2S2. The summed E-state index contributed by atoms with van der Waals surface area (Å²) in [5, 5.41) is 17.8. The number of hydrogen-bond acceptors (Lipinski definition) is 4. The summed E-state index contributed by atoms with van der Waals surface area (Å²) in [5.41, 5.74) is -4.75. The SMILES string of the molecule is C=C(/C=C(/O)SC)C1=C(c2cc(O)sc2C)C(F)(F)C(F)(F)C1(F)F. The zero-order valence-corrected chi connectivity index (χ0v) is 14.5. The summed E-state index contributed by atoms with van der Waals surface area (Å²) in [4.78, 5) is -0.0379. The van der Waals surface area contributed by atoms with Gasteiger partial charge in [0.2, 0.25) is 0 Å². The Morgan fingerprint density at radius 3 is 2.20 bits per heavy atom. The molecule has 138 valence electrons. The lowest BCUT2D eigenvalue weighted by molar-refractivity contribution is -0.259. The van der Waals surface area contributed by atoms with Gasteiger partial charge in [0, 0.05) is 21.6 Å². The number of thioether (sulfide) groups is 1. The van der Waals surface area contributed by atoms with Gasteiger partial charge in [-0.3, -0.25) is 0 Å². The Kier molecular flexibility index (Phi) is 4.75. The van der Waals surface area contributed by atoms with Crippen molar-refractivity contribution >= 4 is 28.7 Å². The summed E-state index contributed by atoms with van der Waals surface area (Å²) in [7, 11) is 0. The topological polar surface area (TPSA) is 40.5 Å². The van der Waals surface area contributed by atoms with Crippen LogP contribution in [-0.4, -0.2) is 34.2 Å². The summed E-state index contributed by atoms with van der Waals surface area (Å²) in [5.74, 6) is -16.1. The van der Waals surface area contributed by atoms with E-state index in [1.165, 1.54) is 13.2 Å². The molecule has 1 aliphatic carbocycles. The number of thiophene rings is 1. The Morgan fingerprint density at radius 1 is 1.20 bits per heavy atom. The lowest BCUT2D eigenvalue weighted by Crippen LogP contribution is -2.49. The number of aliphatic hydroxyl groups excluding tert-OH is 1. The predicted octanol–water partition coefficient (Wildman–Crippen LogP) is 5.75. The molecule has 0 aliphatic heterocycles. The summed E-state index contributed by atoms with van der Waals surface area (Å²) in [6.45, 7) is 4.38. The first-order chi connectivity index (χ1) is 11.3. The summed E-state index contributed by atoms with van der Waals surface area (Å²) in [6.07, 6.45) is 1.98. The number of aromatic hydroxyl groups is 1. The molecule has 0 radical (unpaired) electrons. The van der Waals surface area contributed by atoms with Crippen molar-refractivity contribution in [3.8, 4) is 5.06 Å². The van der Waals surface area contributed by atoms with Crippen molar-refractivity contribution in [3.63, 3.8) is 0 Å². The standard InChI is InChI=1S/C15H12F6O2S2/c1-6(4-9(22)24-3)11-12(8-5-10(23)25-7(8)2)14(18,19)15(20,21)13(11,16)17/h4-5,22-23H,1H2,2-3H3/b9-4-. The normalized spacial score (nSPS) is 21.7. The van der Waals surface area contributed by atoms with Crippen LogP contribution < -0.4 is 0 Å². The van der Waals surface area contributed by atoms with Gasteiger partial charge in [0.25, 0.3) is 0 Å². The molecule has 1 heterocycles. The van der Waals surface area contributed by atoms with Crippen LogP contribution in [0.1, 0.15) is 10.4 Å². The molecule has 2 N–H and O–H groups in total. The van der Waals surface area contributed by atoms with E-state index in [2.05, 4.69) is 6.58 Å². The first-order valence-electron chi connectivity index (χ1n) is 6.61. The maximum Gasteiger partial charge on any atom is 0.380 e. The lowest BCUT2D eigenvalue weighted by atomic mass is 9.96. The van der Waals surface area contributed by atoms with Gasteiger partial charge in [-0.2, -0.15) is 26.3 Å². The number of allylic oxidation sites excluding steroid dienone is 4. The second kappa shape index (κ2) is 6.01. The van der Waals surface area contributed by atoms with Crippen LogP contribution in [0, 0.1) is 6.92 Å². The van der Waals surface area contributed by atoms with E-state index in [4.69, 9.17) is 0 Å². The van der Waals surface area contributed by atoms with Gasteiger partial charge in [-0.1, -0.05) is 18.3 Å². The molecule has 0 amide bonds. The zero-order valence-electron chi connectivity index (χ0n) is 12.8. The molecular weight excluding hydrogens is 390 g/mol. The Labute approximate surface area is 147 Å². The Balaban J connectivity index is 2.87. The second-order valence-electron chi connectivity index (χ2n) is 5.24. The highest BCUT2D eigenvalue weighted by molar-refractivity contribution is 8.02. The van der Waals surface area contributed by atoms with E-state index < -0.39 is 50.2 Å². The fraction of sp³-hybridized carbons (Fsp3) is 0.333. The molecule has 25 heavy (non-hydrogen) atoms. The molecule has 0 saturated heterocycles. The van der Waals surface area contributed by atoms with Crippen molar-refractivity contribution < 1.29 is 36.6 Å². The van der Waals surface area contributed by atoms with Gasteiger partial charge in [-0.05, 0) is 30.9 Å². The van der Waals surface area contributed by atoms with Crippen LogP contribution in [0.15, 0.2) is 35.0 Å². The smallest absolute Gasteiger partial charge is 0.380 e. The van der Waals surface area contributed by atoms with Crippen LogP contribution in [0.4, 0.5) is 26.3 Å². The van der Waals surface area contributed by atoms with Gasteiger partial charge in [0.1, 0.15) is 5.09 Å². The quantitative estimate of drug-likeness (QED) is 0.383. The van der Waals surface area contributed by atoms with E-state index >= 15 is 0 Å². The van der Waals surface area contributed by atoms with Crippen LogP contribution in [0.2, 0.25) is 0 Å². The van der Waals surface area contributed by atoms with Crippen molar-refractivity contribution in [3.05, 3.63) is 45.4 Å². The molecule has 0 bridgehead atoms.